The molecule has 0 bridgehead atoms. The summed E-state index contributed by atoms with van der Waals surface area (Å²) in [6, 6.07) is 4.00. The number of likely N-dealkylation sites (N-methyl/N-ethyl adjacent to an activating group) is 1. The highest BCUT2D eigenvalue weighted by Gasteiger charge is 2.59. The van der Waals surface area contributed by atoms with Crippen LogP contribution in [-0.2, 0) is 11.8 Å². The van der Waals surface area contributed by atoms with E-state index in [-0.39, 0.29) is 23.2 Å². The summed E-state index contributed by atoms with van der Waals surface area (Å²) in [4.78, 5) is 0. The first-order valence-electron chi connectivity index (χ1n) is 7.13. The van der Waals surface area contributed by atoms with Crippen molar-refractivity contribution in [2.75, 3.05) is 7.05 Å². The van der Waals surface area contributed by atoms with Crippen LogP contribution in [0.25, 0.3) is 0 Å². The third kappa shape index (κ3) is 1.24. The number of ether oxygens (including phenoxy) is 1. The molecule has 1 aromatic carbocycles. The van der Waals surface area contributed by atoms with Gasteiger partial charge in [0.1, 0.15) is 12.2 Å². The van der Waals surface area contributed by atoms with Crippen LogP contribution in [0.5, 0.6) is 11.5 Å². The van der Waals surface area contributed by atoms with Crippen molar-refractivity contribution in [3.63, 3.8) is 0 Å². The summed E-state index contributed by atoms with van der Waals surface area (Å²) in [5, 5.41) is 23.8. The van der Waals surface area contributed by atoms with E-state index in [1.165, 1.54) is 5.56 Å². The Kier molecular flexibility index (Phi) is 2.31. The van der Waals surface area contributed by atoms with Gasteiger partial charge in [0, 0.05) is 22.9 Å². The van der Waals surface area contributed by atoms with E-state index in [1.54, 1.807) is 6.07 Å². The molecule has 5 atom stereocenters. The van der Waals surface area contributed by atoms with Crippen molar-refractivity contribution in [1.29, 1.82) is 0 Å². The van der Waals surface area contributed by atoms with E-state index in [0.717, 1.165) is 12.0 Å². The van der Waals surface area contributed by atoms with Crippen molar-refractivity contribution in [2.45, 2.75) is 37.0 Å². The lowest BCUT2D eigenvalue weighted by molar-refractivity contribution is 0.00490. The maximum absolute atomic E-state index is 10.3. The number of nitrogens with one attached hydrogen (secondary N) is 1. The van der Waals surface area contributed by atoms with E-state index in [2.05, 4.69) is 18.3 Å². The van der Waals surface area contributed by atoms with Crippen molar-refractivity contribution in [2.24, 2.45) is 5.92 Å². The minimum atomic E-state index is -0.633. The van der Waals surface area contributed by atoms with Crippen molar-refractivity contribution < 1.29 is 14.9 Å². The number of phenolic OH excluding ortho intramolecular Hbond substituents is 1. The van der Waals surface area contributed by atoms with Crippen LogP contribution < -0.4 is 10.1 Å². The molecule has 4 nitrogen and oxygen atoms in total. The maximum atomic E-state index is 10.3. The molecular formula is C16H19NO3. The number of aromatic hydroxyl groups is 1. The van der Waals surface area contributed by atoms with Gasteiger partial charge in [-0.3, -0.25) is 0 Å². The zero-order valence-electron chi connectivity index (χ0n) is 11.6. The van der Waals surface area contributed by atoms with Gasteiger partial charge in [-0.1, -0.05) is 25.1 Å². The van der Waals surface area contributed by atoms with Crippen LogP contribution in [0.3, 0.4) is 0 Å². The van der Waals surface area contributed by atoms with Crippen molar-refractivity contribution >= 4 is 0 Å². The number of benzene rings is 1. The molecule has 0 amide bonds. The molecule has 2 aliphatic carbocycles. The van der Waals surface area contributed by atoms with Crippen molar-refractivity contribution in [3.05, 3.63) is 35.4 Å². The Balaban J connectivity index is 2.01. The number of phenols is 1. The van der Waals surface area contributed by atoms with E-state index in [0.29, 0.717) is 11.8 Å². The van der Waals surface area contributed by atoms with E-state index in [1.807, 2.05) is 19.2 Å². The molecule has 0 spiro atoms. The summed E-state index contributed by atoms with van der Waals surface area (Å²) in [5.41, 5.74) is 2.01. The Bertz CT molecular complexity index is 612. The van der Waals surface area contributed by atoms with Crippen LogP contribution >= 0.6 is 0 Å². The van der Waals surface area contributed by atoms with Crippen molar-refractivity contribution in [1.82, 2.24) is 5.32 Å². The average molecular weight is 273 g/mol. The minimum absolute atomic E-state index is 0.174. The smallest absolute Gasteiger partial charge is 0.165 e. The second-order valence-electron chi connectivity index (χ2n) is 6.27. The van der Waals surface area contributed by atoms with Gasteiger partial charge in [0.25, 0.3) is 0 Å². The molecule has 4 heteroatoms. The first-order valence-corrected chi connectivity index (χ1v) is 7.13. The SMILES string of the molecule is CNC1Cc2ccc(O)c3c2C2(C)C1C=C[C@H](O)[C@@H]2O3. The lowest BCUT2D eigenvalue weighted by Gasteiger charge is -2.48. The van der Waals surface area contributed by atoms with Gasteiger partial charge in [-0.05, 0) is 25.1 Å². The fourth-order valence-corrected chi connectivity index (χ4v) is 4.40. The fraction of sp³-hybridized carbons (Fsp3) is 0.500. The van der Waals surface area contributed by atoms with Gasteiger partial charge < -0.3 is 20.3 Å². The quantitative estimate of drug-likeness (QED) is 0.671. The topological polar surface area (TPSA) is 61.7 Å². The summed E-state index contributed by atoms with van der Waals surface area (Å²) in [6.45, 7) is 2.15. The van der Waals surface area contributed by atoms with Crippen LogP contribution in [0.2, 0.25) is 0 Å². The number of rotatable bonds is 1. The molecule has 3 N–H and O–H groups in total. The zero-order valence-corrected chi connectivity index (χ0v) is 11.6. The molecule has 3 unspecified atom stereocenters. The van der Waals surface area contributed by atoms with Gasteiger partial charge in [0.05, 0.1) is 0 Å². The molecule has 106 valence electrons. The van der Waals surface area contributed by atoms with Gasteiger partial charge >= 0.3 is 0 Å². The predicted molar refractivity (Wildman–Crippen MR) is 75.1 cm³/mol. The normalized spacial score (nSPS) is 40.4. The summed E-state index contributed by atoms with van der Waals surface area (Å²) >= 11 is 0. The molecule has 4 rings (SSSR count). The third-order valence-electron chi connectivity index (χ3n) is 5.36. The molecule has 0 fully saturated rings. The molecular weight excluding hydrogens is 254 g/mol. The van der Waals surface area contributed by atoms with Crippen molar-refractivity contribution in [3.8, 4) is 11.5 Å². The Labute approximate surface area is 118 Å². The molecule has 0 aromatic heterocycles. The molecule has 0 saturated heterocycles. The largest absolute Gasteiger partial charge is 0.504 e. The Hall–Kier alpha value is -1.52. The molecule has 3 aliphatic rings. The Morgan fingerprint density at radius 1 is 1.35 bits per heavy atom. The van der Waals surface area contributed by atoms with Gasteiger partial charge in [0.2, 0.25) is 0 Å². The summed E-state index contributed by atoms with van der Waals surface area (Å²) in [7, 11) is 1.98. The van der Waals surface area contributed by atoms with E-state index < -0.39 is 6.10 Å². The lowest BCUT2D eigenvalue weighted by Crippen LogP contribution is -2.58. The van der Waals surface area contributed by atoms with Gasteiger partial charge in [-0.25, -0.2) is 0 Å². The Morgan fingerprint density at radius 3 is 2.90 bits per heavy atom. The highest BCUT2D eigenvalue weighted by molar-refractivity contribution is 5.60. The Morgan fingerprint density at radius 2 is 2.15 bits per heavy atom. The highest BCUT2D eigenvalue weighted by atomic mass is 16.5. The van der Waals surface area contributed by atoms with Crippen LogP contribution in [0.1, 0.15) is 18.1 Å². The van der Waals surface area contributed by atoms with Gasteiger partial charge in [-0.15, -0.1) is 0 Å². The molecule has 1 aromatic rings. The van der Waals surface area contributed by atoms with Gasteiger partial charge in [0.15, 0.2) is 11.5 Å². The minimum Gasteiger partial charge on any atom is -0.504 e. The second-order valence-corrected chi connectivity index (χ2v) is 6.27. The van der Waals surface area contributed by atoms with E-state index in [9.17, 15) is 10.2 Å². The summed E-state index contributed by atoms with van der Waals surface area (Å²) < 4.78 is 5.96. The zero-order chi connectivity index (χ0) is 14.1. The molecule has 0 saturated carbocycles. The van der Waals surface area contributed by atoms with Gasteiger partial charge in [-0.2, -0.15) is 0 Å². The fourth-order valence-electron chi connectivity index (χ4n) is 4.40. The molecule has 1 heterocycles. The summed E-state index contributed by atoms with van der Waals surface area (Å²) in [6.07, 6.45) is 3.89. The van der Waals surface area contributed by atoms with Crippen LogP contribution in [0.15, 0.2) is 24.3 Å². The summed E-state index contributed by atoms with van der Waals surface area (Å²) in [5.74, 6) is 1.00. The second kappa shape index (κ2) is 3.77. The number of hydrogen-bond donors (Lipinski definition) is 3. The predicted octanol–water partition coefficient (Wildman–Crippen LogP) is 1.10. The molecule has 20 heavy (non-hydrogen) atoms. The van der Waals surface area contributed by atoms with Crippen LogP contribution in [0.4, 0.5) is 0 Å². The van der Waals surface area contributed by atoms with Crippen LogP contribution in [-0.4, -0.2) is 35.5 Å². The first-order chi connectivity index (χ1) is 9.57. The standard InChI is InChI=1S/C16H19NO3/c1-16-9-4-6-12(19)15(16)20-14-11(18)5-3-8(13(14)16)7-10(9)17-2/h3-6,9-10,12,15,17-19H,7H2,1-2H3/t9?,10?,12-,15-,16?/m0/s1. The third-order valence-corrected chi connectivity index (χ3v) is 5.36. The van der Waals surface area contributed by atoms with E-state index >= 15 is 0 Å². The number of aliphatic hydroxyl groups excluding tert-OH is 1. The first kappa shape index (κ1) is 12.2. The highest BCUT2D eigenvalue weighted by Crippen LogP contribution is 2.58. The van der Waals surface area contributed by atoms with Crippen LogP contribution in [0, 0.1) is 5.92 Å². The lowest BCUT2D eigenvalue weighted by atomic mass is 9.57. The molecule has 1 aliphatic heterocycles. The average Bonchev–Trinajstić information content (AvgIpc) is 2.76. The maximum Gasteiger partial charge on any atom is 0.165 e. The molecule has 0 radical (unpaired) electrons. The monoisotopic (exact) mass is 273 g/mol. The van der Waals surface area contributed by atoms with E-state index in [4.69, 9.17) is 4.74 Å². The number of hydrogen-bond acceptors (Lipinski definition) is 4. The number of aliphatic hydroxyl groups is 1.